The van der Waals surface area contributed by atoms with Crippen LogP contribution in [0.1, 0.15) is 22.3 Å². The Hall–Kier alpha value is -2.58. The second-order valence-electron chi connectivity index (χ2n) is 8.37. The number of carbonyl (C=O) groups is 2. The molecule has 6 nitrogen and oxygen atoms in total. The van der Waals surface area contributed by atoms with E-state index in [-0.39, 0.29) is 23.2 Å². The summed E-state index contributed by atoms with van der Waals surface area (Å²) in [7, 11) is -3.12. The summed E-state index contributed by atoms with van der Waals surface area (Å²) in [5.41, 5.74) is 1.45. The predicted molar refractivity (Wildman–Crippen MR) is 115 cm³/mol. The van der Waals surface area contributed by atoms with Gasteiger partial charge in [0.15, 0.2) is 15.6 Å². The molecule has 2 aromatic carbocycles. The minimum atomic E-state index is -3.12. The summed E-state index contributed by atoms with van der Waals surface area (Å²) in [5.74, 6) is -2.08. The van der Waals surface area contributed by atoms with E-state index < -0.39 is 33.5 Å². The van der Waals surface area contributed by atoms with E-state index in [1.807, 2.05) is 30.3 Å². The number of rotatable bonds is 6. The van der Waals surface area contributed by atoms with Gasteiger partial charge >= 0.3 is 0 Å². The van der Waals surface area contributed by atoms with E-state index in [1.165, 1.54) is 24.3 Å². The standard InChI is InChI=1S/C23H25FN2O4S/c24-18-8-6-17(7-9-18)22(27)20-13-26(12-16-4-2-1-3-5-16)14-21(20)23(28)25-19-10-11-31(29,30)15-19/h1-9,19-21H,10-15H2,(H,25,28)/t19-,20+,21+/m0/s1. The van der Waals surface area contributed by atoms with Gasteiger partial charge in [-0.15, -0.1) is 0 Å². The first-order valence-corrected chi connectivity index (χ1v) is 12.2. The van der Waals surface area contributed by atoms with Crippen molar-refractivity contribution in [1.82, 2.24) is 10.2 Å². The summed E-state index contributed by atoms with van der Waals surface area (Å²) in [5, 5.41) is 2.85. The van der Waals surface area contributed by atoms with Crippen molar-refractivity contribution in [3.63, 3.8) is 0 Å². The molecule has 1 amide bonds. The van der Waals surface area contributed by atoms with Crippen molar-refractivity contribution in [3.8, 4) is 0 Å². The summed E-state index contributed by atoms with van der Waals surface area (Å²) in [6.45, 7) is 1.42. The number of benzene rings is 2. The fourth-order valence-corrected chi connectivity index (χ4v) is 6.11. The highest BCUT2D eigenvalue weighted by Gasteiger charge is 2.43. The van der Waals surface area contributed by atoms with Crippen LogP contribution < -0.4 is 5.32 Å². The molecule has 8 heteroatoms. The number of hydrogen-bond acceptors (Lipinski definition) is 5. The van der Waals surface area contributed by atoms with Crippen LogP contribution in [0.15, 0.2) is 54.6 Å². The van der Waals surface area contributed by atoms with Gasteiger partial charge in [-0.3, -0.25) is 14.5 Å². The Balaban J connectivity index is 1.52. The maximum atomic E-state index is 13.3. The van der Waals surface area contributed by atoms with E-state index in [9.17, 15) is 22.4 Å². The zero-order valence-corrected chi connectivity index (χ0v) is 17.9. The minimum absolute atomic E-state index is 0.0598. The Labute approximate surface area is 181 Å². The van der Waals surface area contributed by atoms with Gasteiger partial charge in [0.25, 0.3) is 0 Å². The first kappa shape index (κ1) is 21.6. The molecule has 2 aromatic rings. The normalized spacial score (nSPS) is 25.4. The number of carbonyl (C=O) groups excluding carboxylic acids is 2. The Morgan fingerprint density at radius 2 is 1.68 bits per heavy atom. The maximum absolute atomic E-state index is 13.3. The van der Waals surface area contributed by atoms with E-state index in [2.05, 4.69) is 10.2 Å². The second kappa shape index (κ2) is 8.88. The summed E-state index contributed by atoms with van der Waals surface area (Å²) in [6.07, 6.45) is 0.394. The largest absolute Gasteiger partial charge is 0.352 e. The number of Topliss-reactive ketones (excluding diaryl/α,β-unsaturated/α-hetero) is 1. The van der Waals surface area contributed by atoms with E-state index in [1.54, 1.807) is 0 Å². The van der Waals surface area contributed by atoms with Crippen LogP contribution in [0, 0.1) is 17.7 Å². The highest BCUT2D eigenvalue weighted by molar-refractivity contribution is 7.91. The Kier molecular flexibility index (Phi) is 6.20. The van der Waals surface area contributed by atoms with Gasteiger partial charge in [-0.1, -0.05) is 30.3 Å². The Bertz CT molecular complexity index is 1060. The molecule has 0 spiro atoms. The molecular formula is C23H25FN2O4S. The van der Waals surface area contributed by atoms with Gasteiger partial charge in [0.1, 0.15) is 5.82 Å². The number of hydrogen-bond donors (Lipinski definition) is 1. The van der Waals surface area contributed by atoms with Gasteiger partial charge in [-0.2, -0.15) is 0 Å². The second-order valence-corrected chi connectivity index (χ2v) is 10.6. The molecule has 0 saturated carbocycles. The van der Waals surface area contributed by atoms with Crippen LogP contribution in [-0.2, 0) is 21.2 Å². The lowest BCUT2D eigenvalue weighted by Gasteiger charge is -2.19. The number of amides is 1. The molecule has 4 rings (SSSR count). The topological polar surface area (TPSA) is 83.6 Å². The van der Waals surface area contributed by atoms with Gasteiger partial charge < -0.3 is 5.32 Å². The Morgan fingerprint density at radius 1 is 1.00 bits per heavy atom. The molecule has 3 atom stereocenters. The summed E-state index contributed by atoms with van der Waals surface area (Å²) < 4.78 is 36.8. The molecule has 31 heavy (non-hydrogen) atoms. The number of sulfone groups is 1. The zero-order valence-electron chi connectivity index (χ0n) is 17.0. The average molecular weight is 445 g/mol. The molecule has 0 unspecified atom stereocenters. The third-order valence-electron chi connectivity index (χ3n) is 6.03. The molecule has 2 fully saturated rings. The molecule has 1 N–H and O–H groups in total. The number of nitrogens with zero attached hydrogens (tertiary/aromatic N) is 1. The van der Waals surface area contributed by atoms with Gasteiger partial charge in [0.05, 0.1) is 17.4 Å². The van der Waals surface area contributed by atoms with E-state index >= 15 is 0 Å². The van der Waals surface area contributed by atoms with Crippen molar-refractivity contribution in [2.45, 2.75) is 19.0 Å². The van der Waals surface area contributed by atoms with Crippen molar-refractivity contribution < 1.29 is 22.4 Å². The van der Waals surface area contributed by atoms with Crippen molar-refractivity contribution in [2.24, 2.45) is 11.8 Å². The fraction of sp³-hybridized carbons (Fsp3) is 0.391. The molecule has 0 bridgehead atoms. The molecule has 2 aliphatic heterocycles. The molecule has 0 radical (unpaired) electrons. The third kappa shape index (κ3) is 5.19. The lowest BCUT2D eigenvalue weighted by Crippen LogP contribution is -2.43. The highest BCUT2D eigenvalue weighted by Crippen LogP contribution is 2.29. The zero-order chi connectivity index (χ0) is 22.0. The maximum Gasteiger partial charge on any atom is 0.225 e. The fourth-order valence-electron chi connectivity index (χ4n) is 4.43. The molecule has 2 saturated heterocycles. The minimum Gasteiger partial charge on any atom is -0.352 e. The molecule has 2 heterocycles. The van der Waals surface area contributed by atoms with Crippen molar-refractivity contribution in [2.75, 3.05) is 24.6 Å². The smallest absolute Gasteiger partial charge is 0.225 e. The highest BCUT2D eigenvalue weighted by atomic mass is 32.2. The van der Waals surface area contributed by atoms with Crippen LogP contribution in [-0.4, -0.2) is 55.6 Å². The van der Waals surface area contributed by atoms with E-state index in [4.69, 9.17) is 0 Å². The van der Waals surface area contributed by atoms with Crippen LogP contribution in [0.2, 0.25) is 0 Å². The number of halogens is 1. The number of nitrogens with one attached hydrogen (secondary N) is 1. The van der Waals surface area contributed by atoms with Crippen LogP contribution in [0.4, 0.5) is 4.39 Å². The van der Waals surface area contributed by atoms with Gasteiger partial charge in [0, 0.05) is 37.2 Å². The Morgan fingerprint density at radius 3 is 2.32 bits per heavy atom. The average Bonchev–Trinajstić information content (AvgIpc) is 3.31. The monoisotopic (exact) mass is 444 g/mol. The quantitative estimate of drug-likeness (QED) is 0.690. The first-order valence-electron chi connectivity index (χ1n) is 10.4. The molecule has 0 aliphatic carbocycles. The van der Waals surface area contributed by atoms with Crippen molar-refractivity contribution >= 4 is 21.5 Å². The van der Waals surface area contributed by atoms with E-state index in [0.717, 1.165) is 5.56 Å². The van der Waals surface area contributed by atoms with Gasteiger partial charge in [-0.05, 0) is 36.2 Å². The molecule has 2 aliphatic rings. The predicted octanol–water partition coefficient (Wildman–Crippen LogP) is 2.06. The third-order valence-corrected chi connectivity index (χ3v) is 7.79. The lowest BCUT2D eigenvalue weighted by molar-refractivity contribution is -0.125. The van der Waals surface area contributed by atoms with Crippen molar-refractivity contribution in [3.05, 3.63) is 71.5 Å². The van der Waals surface area contributed by atoms with Gasteiger partial charge in [-0.25, -0.2) is 12.8 Å². The number of ketones is 1. The summed E-state index contributed by atoms with van der Waals surface area (Å²) >= 11 is 0. The van der Waals surface area contributed by atoms with Gasteiger partial charge in [0.2, 0.25) is 5.91 Å². The lowest BCUT2D eigenvalue weighted by atomic mass is 9.87. The van der Waals surface area contributed by atoms with Crippen molar-refractivity contribution in [1.29, 1.82) is 0 Å². The first-order chi connectivity index (χ1) is 14.8. The summed E-state index contributed by atoms with van der Waals surface area (Å²) in [4.78, 5) is 28.3. The van der Waals surface area contributed by atoms with E-state index in [0.29, 0.717) is 31.6 Å². The van der Waals surface area contributed by atoms with Crippen LogP contribution in [0.3, 0.4) is 0 Å². The molecular weight excluding hydrogens is 419 g/mol. The molecule has 0 aromatic heterocycles. The molecule has 164 valence electrons. The van der Waals surface area contributed by atoms with Crippen LogP contribution in [0.25, 0.3) is 0 Å². The summed E-state index contributed by atoms with van der Waals surface area (Å²) in [6, 6.07) is 14.7. The van der Waals surface area contributed by atoms with Crippen LogP contribution >= 0.6 is 0 Å². The number of likely N-dealkylation sites (tertiary alicyclic amines) is 1. The SMILES string of the molecule is O=C(N[C@H]1CCS(=O)(=O)C1)[C@@H]1CN(Cc2ccccc2)C[C@H]1C(=O)c1ccc(F)cc1. The van der Waals surface area contributed by atoms with Crippen LogP contribution in [0.5, 0.6) is 0 Å².